The summed E-state index contributed by atoms with van der Waals surface area (Å²) in [7, 11) is 0. The SMILES string of the molecule is CCOc1cc(C=NNC(=O)Cn2cnc([N+](=O)[O-])n2)ccc1O. The van der Waals surface area contributed by atoms with Crippen LogP contribution >= 0.6 is 0 Å². The molecule has 2 rings (SSSR count). The summed E-state index contributed by atoms with van der Waals surface area (Å²) in [5, 5.41) is 27.3. The normalized spacial score (nSPS) is 10.7. The number of ether oxygens (including phenoxy) is 1. The average molecular weight is 334 g/mol. The Kier molecular flexibility index (Phi) is 5.39. The molecule has 0 bridgehead atoms. The summed E-state index contributed by atoms with van der Waals surface area (Å²) >= 11 is 0. The van der Waals surface area contributed by atoms with Gasteiger partial charge in [-0.05, 0) is 35.6 Å². The van der Waals surface area contributed by atoms with Crippen LogP contribution in [0.25, 0.3) is 0 Å². The molecule has 11 nitrogen and oxygen atoms in total. The number of hydrazone groups is 1. The zero-order chi connectivity index (χ0) is 17.5. The van der Waals surface area contributed by atoms with Crippen molar-refractivity contribution in [3.8, 4) is 11.5 Å². The Balaban J connectivity index is 1.92. The number of aromatic hydroxyl groups is 1. The van der Waals surface area contributed by atoms with Crippen LogP contribution in [0.2, 0.25) is 0 Å². The van der Waals surface area contributed by atoms with Gasteiger partial charge in [0.15, 0.2) is 11.5 Å². The fourth-order valence-electron chi connectivity index (χ4n) is 1.69. The van der Waals surface area contributed by atoms with E-state index >= 15 is 0 Å². The van der Waals surface area contributed by atoms with Gasteiger partial charge in [0.1, 0.15) is 6.54 Å². The molecule has 0 aliphatic rings. The van der Waals surface area contributed by atoms with Gasteiger partial charge in [-0.3, -0.25) is 4.79 Å². The third-order valence-electron chi connectivity index (χ3n) is 2.68. The molecule has 2 N–H and O–H groups in total. The van der Waals surface area contributed by atoms with Crippen LogP contribution in [0.5, 0.6) is 11.5 Å². The molecule has 0 atom stereocenters. The smallest absolute Gasteiger partial charge is 0.490 e. The number of carbonyl (C=O) groups is 1. The molecule has 24 heavy (non-hydrogen) atoms. The van der Waals surface area contributed by atoms with E-state index < -0.39 is 16.8 Å². The molecule has 0 saturated carbocycles. The molecule has 0 spiro atoms. The second kappa shape index (κ2) is 7.67. The molecule has 1 aromatic carbocycles. The number of nitrogens with zero attached hydrogens (tertiary/aromatic N) is 5. The highest BCUT2D eigenvalue weighted by atomic mass is 16.6. The summed E-state index contributed by atoms with van der Waals surface area (Å²) in [4.78, 5) is 24.8. The van der Waals surface area contributed by atoms with E-state index in [1.807, 2.05) is 0 Å². The summed E-state index contributed by atoms with van der Waals surface area (Å²) in [6.45, 7) is 1.92. The van der Waals surface area contributed by atoms with E-state index in [9.17, 15) is 20.0 Å². The Hall–Kier alpha value is -3.50. The second-order valence-electron chi connectivity index (χ2n) is 4.45. The Morgan fingerprint density at radius 2 is 2.38 bits per heavy atom. The van der Waals surface area contributed by atoms with Gasteiger partial charge in [0.05, 0.1) is 12.8 Å². The van der Waals surface area contributed by atoms with E-state index in [0.29, 0.717) is 17.9 Å². The first kappa shape index (κ1) is 16.9. The second-order valence-corrected chi connectivity index (χ2v) is 4.45. The quantitative estimate of drug-likeness (QED) is 0.424. The van der Waals surface area contributed by atoms with Crippen molar-refractivity contribution >= 4 is 18.1 Å². The van der Waals surface area contributed by atoms with Gasteiger partial charge in [-0.15, -0.1) is 0 Å². The number of rotatable bonds is 7. The number of aromatic nitrogens is 3. The molecule has 0 radical (unpaired) electrons. The van der Waals surface area contributed by atoms with Crippen molar-refractivity contribution in [3.05, 3.63) is 40.2 Å². The van der Waals surface area contributed by atoms with Gasteiger partial charge in [-0.25, -0.2) is 5.43 Å². The van der Waals surface area contributed by atoms with Crippen molar-refractivity contribution in [2.45, 2.75) is 13.5 Å². The average Bonchev–Trinajstić information content (AvgIpc) is 2.99. The van der Waals surface area contributed by atoms with Gasteiger partial charge < -0.3 is 20.0 Å². The van der Waals surface area contributed by atoms with Crippen molar-refractivity contribution in [2.75, 3.05) is 6.61 Å². The van der Waals surface area contributed by atoms with Crippen molar-refractivity contribution in [3.63, 3.8) is 0 Å². The highest BCUT2D eigenvalue weighted by molar-refractivity contribution is 5.83. The predicted octanol–water partition coefficient (Wildman–Crippen LogP) is 0.441. The first-order chi connectivity index (χ1) is 11.5. The van der Waals surface area contributed by atoms with Crippen molar-refractivity contribution in [1.82, 2.24) is 20.2 Å². The maximum absolute atomic E-state index is 11.7. The van der Waals surface area contributed by atoms with Crippen LogP contribution < -0.4 is 10.2 Å². The molecule has 0 unspecified atom stereocenters. The van der Waals surface area contributed by atoms with Crippen LogP contribution in [-0.4, -0.2) is 43.5 Å². The fraction of sp³-hybridized carbons (Fsp3) is 0.231. The Labute approximate surface area is 135 Å². The van der Waals surface area contributed by atoms with Crippen LogP contribution in [0.4, 0.5) is 5.95 Å². The number of carbonyl (C=O) groups excluding carboxylic acids is 1. The molecule has 1 heterocycles. The van der Waals surface area contributed by atoms with Gasteiger partial charge in [0, 0.05) is 5.10 Å². The van der Waals surface area contributed by atoms with E-state index in [1.165, 1.54) is 12.3 Å². The zero-order valence-corrected chi connectivity index (χ0v) is 12.6. The third kappa shape index (κ3) is 4.50. The largest absolute Gasteiger partial charge is 0.504 e. The topological polar surface area (TPSA) is 145 Å². The Morgan fingerprint density at radius 3 is 3.04 bits per heavy atom. The lowest BCUT2D eigenvalue weighted by atomic mass is 10.2. The number of nitro groups is 1. The lowest BCUT2D eigenvalue weighted by Gasteiger charge is -2.05. The van der Waals surface area contributed by atoms with Gasteiger partial charge >= 0.3 is 5.95 Å². The Morgan fingerprint density at radius 1 is 1.58 bits per heavy atom. The van der Waals surface area contributed by atoms with Crippen molar-refractivity contribution < 1.29 is 19.6 Å². The zero-order valence-electron chi connectivity index (χ0n) is 12.6. The third-order valence-corrected chi connectivity index (χ3v) is 2.68. The maximum atomic E-state index is 11.7. The minimum absolute atomic E-state index is 0.00538. The fourth-order valence-corrected chi connectivity index (χ4v) is 1.69. The Bertz CT molecular complexity index is 772. The molecular formula is C13H14N6O5. The number of amides is 1. The number of nitrogens with one attached hydrogen (secondary N) is 1. The molecule has 2 aromatic rings. The van der Waals surface area contributed by atoms with E-state index in [4.69, 9.17) is 4.74 Å². The monoisotopic (exact) mass is 334 g/mol. The summed E-state index contributed by atoms with van der Waals surface area (Å²) in [5.41, 5.74) is 2.86. The maximum Gasteiger partial charge on any atom is 0.490 e. The highest BCUT2D eigenvalue weighted by Crippen LogP contribution is 2.26. The van der Waals surface area contributed by atoms with Gasteiger partial charge in [0.2, 0.25) is 6.33 Å². The van der Waals surface area contributed by atoms with Crippen LogP contribution in [0.3, 0.4) is 0 Å². The molecule has 0 aliphatic heterocycles. The van der Waals surface area contributed by atoms with E-state index in [1.54, 1.807) is 19.1 Å². The molecular weight excluding hydrogens is 320 g/mol. The van der Waals surface area contributed by atoms with Crippen molar-refractivity contribution in [1.29, 1.82) is 0 Å². The molecule has 11 heteroatoms. The predicted molar refractivity (Wildman–Crippen MR) is 81.7 cm³/mol. The molecule has 1 aromatic heterocycles. The summed E-state index contributed by atoms with van der Waals surface area (Å²) in [6.07, 6.45) is 2.44. The molecule has 0 saturated heterocycles. The van der Waals surface area contributed by atoms with Gasteiger partial charge in [0.25, 0.3) is 5.91 Å². The van der Waals surface area contributed by atoms with E-state index in [-0.39, 0.29) is 12.3 Å². The van der Waals surface area contributed by atoms with E-state index in [2.05, 4.69) is 20.6 Å². The lowest BCUT2D eigenvalue weighted by Crippen LogP contribution is -2.23. The molecule has 1 amide bonds. The number of phenolic OH excluding ortho intramolecular Hbond substituents is 1. The lowest BCUT2D eigenvalue weighted by molar-refractivity contribution is -0.394. The van der Waals surface area contributed by atoms with Gasteiger partial charge in [-0.1, -0.05) is 4.98 Å². The standard InChI is InChI=1S/C13H14N6O5/c1-2-24-11-5-9(3-4-10(11)20)6-15-16-12(21)7-18-8-14-13(17-18)19(22)23/h3-6,8,20H,2,7H2,1H3,(H,16,21). The first-order valence-corrected chi connectivity index (χ1v) is 6.81. The van der Waals surface area contributed by atoms with Crippen LogP contribution in [0, 0.1) is 10.1 Å². The minimum atomic E-state index is -0.757. The summed E-state index contributed by atoms with van der Waals surface area (Å²) in [6, 6.07) is 4.60. The van der Waals surface area contributed by atoms with Crippen LogP contribution in [0.15, 0.2) is 29.6 Å². The number of hydrogen-bond donors (Lipinski definition) is 2. The molecule has 126 valence electrons. The van der Waals surface area contributed by atoms with Gasteiger partial charge in [-0.2, -0.15) is 9.78 Å². The highest BCUT2D eigenvalue weighted by Gasteiger charge is 2.14. The first-order valence-electron chi connectivity index (χ1n) is 6.81. The number of hydrogen-bond acceptors (Lipinski definition) is 8. The van der Waals surface area contributed by atoms with Crippen LogP contribution in [0.1, 0.15) is 12.5 Å². The summed E-state index contributed by atoms with van der Waals surface area (Å²) in [5.74, 6) is -0.804. The van der Waals surface area contributed by atoms with E-state index in [0.717, 1.165) is 11.0 Å². The van der Waals surface area contributed by atoms with Crippen molar-refractivity contribution in [2.24, 2.45) is 5.10 Å². The number of benzene rings is 1. The summed E-state index contributed by atoms with van der Waals surface area (Å²) < 4.78 is 6.26. The minimum Gasteiger partial charge on any atom is -0.504 e. The molecule has 0 aliphatic carbocycles. The molecule has 0 fully saturated rings. The number of phenols is 1. The van der Waals surface area contributed by atoms with Crippen LogP contribution in [-0.2, 0) is 11.3 Å².